The summed E-state index contributed by atoms with van der Waals surface area (Å²) < 4.78 is 10.4. The van der Waals surface area contributed by atoms with Crippen LogP contribution in [-0.4, -0.2) is 47.4 Å². The number of rotatable bonds is 8. The summed E-state index contributed by atoms with van der Waals surface area (Å²) in [7, 11) is 0. The topological polar surface area (TPSA) is 102 Å². The van der Waals surface area contributed by atoms with E-state index in [9.17, 15) is 14.4 Å². The van der Waals surface area contributed by atoms with Crippen LogP contribution in [0.1, 0.15) is 30.1 Å². The summed E-state index contributed by atoms with van der Waals surface area (Å²) in [6, 6.07) is 13.8. The predicted octanol–water partition coefficient (Wildman–Crippen LogP) is 3.50. The van der Waals surface area contributed by atoms with Gasteiger partial charge in [0.2, 0.25) is 5.89 Å². The number of amides is 2. The molecule has 0 aliphatic heterocycles. The molecule has 160 valence electrons. The van der Waals surface area contributed by atoms with Gasteiger partial charge in [0, 0.05) is 36.5 Å². The molecule has 3 rings (SSSR count). The van der Waals surface area contributed by atoms with E-state index in [1.165, 1.54) is 6.08 Å². The molecule has 1 N–H and O–H groups in total. The molecular weight excluding hydrogens is 398 g/mol. The standard InChI is InChI=1S/C23H23N3O5/c1-3-26(4-2)23(29)16-9-11-17(12-10-16)24-20(27)15-30-22(28)14-13-21-25-18-7-5-6-8-19(18)31-21/h5-14H,3-4,15H2,1-2H3,(H,24,27)/b14-13+. The van der Waals surface area contributed by atoms with Gasteiger partial charge in [-0.1, -0.05) is 12.1 Å². The van der Waals surface area contributed by atoms with Gasteiger partial charge < -0.3 is 19.4 Å². The molecule has 0 spiro atoms. The van der Waals surface area contributed by atoms with Crippen LogP contribution in [-0.2, 0) is 14.3 Å². The van der Waals surface area contributed by atoms with E-state index in [2.05, 4.69) is 10.3 Å². The van der Waals surface area contributed by atoms with Crippen LogP contribution >= 0.6 is 0 Å². The molecule has 2 aromatic carbocycles. The van der Waals surface area contributed by atoms with E-state index in [0.29, 0.717) is 35.4 Å². The lowest BCUT2D eigenvalue weighted by Gasteiger charge is -2.18. The molecule has 8 nitrogen and oxygen atoms in total. The number of hydrogen-bond acceptors (Lipinski definition) is 6. The molecule has 0 radical (unpaired) electrons. The van der Waals surface area contributed by atoms with Crippen LogP contribution in [0.2, 0.25) is 0 Å². The second kappa shape index (κ2) is 10.2. The lowest BCUT2D eigenvalue weighted by atomic mass is 10.2. The monoisotopic (exact) mass is 421 g/mol. The van der Waals surface area contributed by atoms with Crippen LogP contribution in [0.4, 0.5) is 5.69 Å². The smallest absolute Gasteiger partial charge is 0.331 e. The highest BCUT2D eigenvalue weighted by molar-refractivity contribution is 5.97. The van der Waals surface area contributed by atoms with E-state index in [-0.39, 0.29) is 11.8 Å². The van der Waals surface area contributed by atoms with Crippen LogP contribution in [0, 0.1) is 0 Å². The molecule has 1 aromatic heterocycles. The maximum absolute atomic E-state index is 12.3. The van der Waals surface area contributed by atoms with Crippen molar-refractivity contribution in [1.29, 1.82) is 0 Å². The first-order valence-electron chi connectivity index (χ1n) is 9.89. The third kappa shape index (κ3) is 5.79. The maximum atomic E-state index is 12.3. The van der Waals surface area contributed by atoms with Crippen molar-refractivity contribution in [3.8, 4) is 0 Å². The second-order valence-electron chi connectivity index (χ2n) is 6.56. The van der Waals surface area contributed by atoms with Gasteiger partial charge in [-0.05, 0) is 50.2 Å². The summed E-state index contributed by atoms with van der Waals surface area (Å²) in [4.78, 5) is 42.1. The van der Waals surface area contributed by atoms with E-state index in [4.69, 9.17) is 9.15 Å². The molecule has 1 heterocycles. The summed E-state index contributed by atoms with van der Waals surface area (Å²) in [5.74, 6) is -0.992. The van der Waals surface area contributed by atoms with Crippen LogP contribution in [0.5, 0.6) is 0 Å². The molecule has 31 heavy (non-hydrogen) atoms. The molecule has 3 aromatic rings. The average molecular weight is 421 g/mol. The molecule has 2 amide bonds. The van der Waals surface area contributed by atoms with Gasteiger partial charge in [0.05, 0.1) is 0 Å². The van der Waals surface area contributed by atoms with Gasteiger partial charge in [0.1, 0.15) is 5.52 Å². The fourth-order valence-electron chi connectivity index (χ4n) is 2.87. The Labute approximate surface area is 179 Å². The van der Waals surface area contributed by atoms with Crippen molar-refractivity contribution in [3.63, 3.8) is 0 Å². The highest BCUT2D eigenvalue weighted by Gasteiger charge is 2.12. The molecule has 0 atom stereocenters. The fourth-order valence-corrected chi connectivity index (χ4v) is 2.87. The number of benzene rings is 2. The molecule has 0 fully saturated rings. The van der Waals surface area contributed by atoms with E-state index in [0.717, 1.165) is 6.08 Å². The minimum Gasteiger partial charge on any atom is -0.452 e. The van der Waals surface area contributed by atoms with Crippen LogP contribution in [0.3, 0.4) is 0 Å². The van der Waals surface area contributed by atoms with Crippen molar-refractivity contribution >= 4 is 40.6 Å². The van der Waals surface area contributed by atoms with Crippen molar-refractivity contribution in [2.75, 3.05) is 25.0 Å². The van der Waals surface area contributed by atoms with Gasteiger partial charge in [-0.25, -0.2) is 9.78 Å². The van der Waals surface area contributed by atoms with E-state index < -0.39 is 18.5 Å². The minimum absolute atomic E-state index is 0.0671. The number of nitrogens with zero attached hydrogens (tertiary/aromatic N) is 2. The molecule has 0 saturated heterocycles. The average Bonchev–Trinajstić information content (AvgIpc) is 3.20. The molecule has 0 bridgehead atoms. The number of carbonyl (C=O) groups is 3. The molecule has 0 aliphatic rings. The lowest BCUT2D eigenvalue weighted by Crippen LogP contribution is -2.30. The van der Waals surface area contributed by atoms with Crippen molar-refractivity contribution in [2.45, 2.75) is 13.8 Å². The first-order valence-corrected chi connectivity index (χ1v) is 9.89. The Bertz CT molecular complexity index is 1060. The summed E-state index contributed by atoms with van der Waals surface area (Å²) in [6.45, 7) is 4.64. The van der Waals surface area contributed by atoms with Crippen molar-refractivity contribution in [2.24, 2.45) is 0 Å². The summed E-state index contributed by atoms with van der Waals surface area (Å²) in [6.07, 6.45) is 2.53. The molecule has 0 saturated carbocycles. The number of para-hydroxylation sites is 2. The quantitative estimate of drug-likeness (QED) is 0.441. The number of fused-ring (bicyclic) bond motifs is 1. The van der Waals surface area contributed by atoms with Gasteiger partial charge >= 0.3 is 5.97 Å². The molecule has 0 unspecified atom stereocenters. The normalized spacial score (nSPS) is 10.9. The van der Waals surface area contributed by atoms with Crippen molar-refractivity contribution in [3.05, 3.63) is 66.1 Å². The number of nitrogens with one attached hydrogen (secondary N) is 1. The van der Waals surface area contributed by atoms with Gasteiger partial charge in [-0.2, -0.15) is 0 Å². The number of carbonyl (C=O) groups excluding carboxylic acids is 3. The lowest BCUT2D eigenvalue weighted by molar-refractivity contribution is -0.142. The van der Waals surface area contributed by atoms with Gasteiger partial charge in [0.25, 0.3) is 11.8 Å². The molecule has 0 aliphatic carbocycles. The Morgan fingerprint density at radius 2 is 1.77 bits per heavy atom. The first kappa shape index (κ1) is 21.8. The Morgan fingerprint density at radius 3 is 2.45 bits per heavy atom. The van der Waals surface area contributed by atoms with Crippen LogP contribution < -0.4 is 5.32 Å². The van der Waals surface area contributed by atoms with E-state index in [1.807, 2.05) is 26.0 Å². The third-order valence-corrected chi connectivity index (χ3v) is 4.48. The second-order valence-corrected chi connectivity index (χ2v) is 6.56. The Hall–Kier alpha value is -3.94. The Morgan fingerprint density at radius 1 is 1.06 bits per heavy atom. The zero-order valence-electron chi connectivity index (χ0n) is 17.3. The number of esters is 1. The van der Waals surface area contributed by atoms with Gasteiger partial charge in [0.15, 0.2) is 12.2 Å². The Balaban J connectivity index is 1.48. The first-order chi connectivity index (χ1) is 15.0. The number of ether oxygens (including phenoxy) is 1. The van der Waals surface area contributed by atoms with E-state index in [1.54, 1.807) is 41.3 Å². The van der Waals surface area contributed by atoms with Crippen LogP contribution in [0.25, 0.3) is 17.2 Å². The predicted molar refractivity (Wildman–Crippen MR) is 116 cm³/mol. The SMILES string of the molecule is CCN(CC)C(=O)c1ccc(NC(=O)COC(=O)/C=C/c2nc3ccccc3o2)cc1. The zero-order valence-corrected chi connectivity index (χ0v) is 17.3. The summed E-state index contributed by atoms with van der Waals surface area (Å²) >= 11 is 0. The summed E-state index contributed by atoms with van der Waals surface area (Å²) in [5.41, 5.74) is 2.33. The zero-order chi connectivity index (χ0) is 22.2. The summed E-state index contributed by atoms with van der Waals surface area (Å²) in [5, 5.41) is 2.62. The number of hydrogen-bond donors (Lipinski definition) is 1. The highest BCUT2D eigenvalue weighted by atomic mass is 16.5. The Kier molecular flexibility index (Phi) is 7.16. The molecule has 8 heteroatoms. The van der Waals surface area contributed by atoms with Crippen molar-refractivity contribution < 1.29 is 23.5 Å². The maximum Gasteiger partial charge on any atom is 0.331 e. The molecular formula is C23H23N3O5. The fraction of sp³-hybridized carbons (Fsp3) is 0.217. The van der Waals surface area contributed by atoms with Crippen LogP contribution in [0.15, 0.2) is 59.0 Å². The number of oxazole rings is 1. The van der Waals surface area contributed by atoms with E-state index >= 15 is 0 Å². The third-order valence-electron chi connectivity index (χ3n) is 4.48. The highest BCUT2D eigenvalue weighted by Crippen LogP contribution is 2.15. The number of aromatic nitrogens is 1. The van der Waals surface area contributed by atoms with Gasteiger partial charge in [-0.15, -0.1) is 0 Å². The van der Waals surface area contributed by atoms with Gasteiger partial charge in [-0.3, -0.25) is 9.59 Å². The number of anilines is 1. The minimum atomic E-state index is -0.697. The van der Waals surface area contributed by atoms with Crippen molar-refractivity contribution in [1.82, 2.24) is 9.88 Å². The largest absolute Gasteiger partial charge is 0.452 e.